The Morgan fingerprint density at radius 3 is 2.45 bits per heavy atom. The number of anilines is 1. The van der Waals surface area contributed by atoms with E-state index in [9.17, 15) is 14.4 Å². The first-order valence-electron chi connectivity index (χ1n) is 8.54. The van der Waals surface area contributed by atoms with Crippen LogP contribution >= 0.6 is 23.2 Å². The van der Waals surface area contributed by atoms with Gasteiger partial charge >= 0.3 is 5.69 Å². The van der Waals surface area contributed by atoms with Crippen molar-refractivity contribution in [2.24, 2.45) is 7.05 Å². The number of nitrogen functional groups attached to an aromatic ring is 1. The Bertz CT molecular complexity index is 1190. The number of halogens is 2. The van der Waals surface area contributed by atoms with Crippen LogP contribution in [0.1, 0.15) is 15.9 Å². The highest BCUT2D eigenvalue weighted by Gasteiger charge is 2.22. The lowest BCUT2D eigenvalue weighted by Crippen LogP contribution is -2.43. The summed E-state index contributed by atoms with van der Waals surface area (Å²) in [6.45, 7) is -0.367. The number of rotatable bonds is 6. The molecule has 0 radical (unpaired) electrons. The lowest BCUT2D eigenvalue weighted by molar-refractivity contribution is 0.0919. The van der Waals surface area contributed by atoms with E-state index in [-0.39, 0.29) is 28.7 Å². The molecular weight excluding hydrogens is 417 g/mol. The van der Waals surface area contributed by atoms with Crippen molar-refractivity contribution in [2.45, 2.75) is 6.54 Å². The van der Waals surface area contributed by atoms with Crippen LogP contribution in [0.4, 0.5) is 5.82 Å². The van der Waals surface area contributed by atoms with Crippen LogP contribution in [0.25, 0.3) is 0 Å². The molecule has 150 valence electrons. The van der Waals surface area contributed by atoms with Gasteiger partial charge < -0.3 is 10.5 Å². The second-order valence-corrected chi connectivity index (χ2v) is 7.11. The third-order valence-electron chi connectivity index (χ3n) is 4.30. The van der Waals surface area contributed by atoms with Gasteiger partial charge in [0.15, 0.2) is 6.61 Å². The van der Waals surface area contributed by atoms with E-state index in [1.165, 1.54) is 23.7 Å². The Balaban J connectivity index is 1.94. The summed E-state index contributed by atoms with van der Waals surface area (Å²) in [5, 5.41) is 0.639. The highest BCUT2D eigenvalue weighted by atomic mass is 35.5. The molecule has 0 bridgehead atoms. The summed E-state index contributed by atoms with van der Waals surface area (Å²) in [4.78, 5) is 37.8. The molecule has 0 unspecified atom stereocenters. The summed E-state index contributed by atoms with van der Waals surface area (Å²) < 4.78 is 7.44. The van der Waals surface area contributed by atoms with E-state index in [4.69, 9.17) is 33.7 Å². The quantitative estimate of drug-likeness (QED) is 0.602. The van der Waals surface area contributed by atoms with Gasteiger partial charge in [0.05, 0.1) is 11.6 Å². The maximum atomic E-state index is 12.7. The lowest BCUT2D eigenvalue weighted by atomic mass is 10.2. The third-order valence-corrected chi connectivity index (χ3v) is 4.83. The number of carbonyl (C=O) groups excluding carboxylic acids is 1. The number of ketones is 1. The van der Waals surface area contributed by atoms with Crippen molar-refractivity contribution in [3.8, 4) is 5.75 Å². The number of carbonyl (C=O) groups is 1. The van der Waals surface area contributed by atoms with Crippen LogP contribution in [-0.4, -0.2) is 21.5 Å². The molecule has 0 fully saturated rings. The Kier molecular flexibility index (Phi) is 6.10. The topological polar surface area (TPSA) is 96.3 Å². The molecule has 2 N–H and O–H groups in total. The van der Waals surface area contributed by atoms with Crippen LogP contribution in [0.5, 0.6) is 5.75 Å². The molecule has 29 heavy (non-hydrogen) atoms. The largest absolute Gasteiger partial charge is 0.484 e. The zero-order valence-electron chi connectivity index (χ0n) is 15.4. The second kappa shape index (κ2) is 8.55. The summed E-state index contributed by atoms with van der Waals surface area (Å²) in [6.07, 6.45) is 0. The monoisotopic (exact) mass is 433 g/mol. The minimum atomic E-state index is -0.785. The molecule has 2 aromatic carbocycles. The third kappa shape index (κ3) is 4.36. The van der Waals surface area contributed by atoms with Gasteiger partial charge in [-0.25, -0.2) is 4.79 Å². The van der Waals surface area contributed by atoms with Gasteiger partial charge in [0.25, 0.3) is 5.56 Å². The molecule has 0 atom stereocenters. The van der Waals surface area contributed by atoms with Crippen molar-refractivity contribution < 1.29 is 9.53 Å². The number of benzene rings is 2. The van der Waals surface area contributed by atoms with E-state index < -0.39 is 23.6 Å². The highest BCUT2D eigenvalue weighted by molar-refractivity contribution is 6.35. The number of hydrogen-bond donors (Lipinski definition) is 1. The van der Waals surface area contributed by atoms with Crippen LogP contribution < -0.4 is 21.7 Å². The molecule has 0 saturated carbocycles. The maximum absolute atomic E-state index is 12.7. The predicted octanol–water partition coefficient (Wildman–Crippen LogP) is 2.75. The Hall–Kier alpha value is -3.03. The van der Waals surface area contributed by atoms with Gasteiger partial charge in [-0.1, -0.05) is 53.5 Å². The second-order valence-electron chi connectivity index (χ2n) is 6.27. The van der Waals surface area contributed by atoms with Crippen LogP contribution in [0, 0.1) is 0 Å². The first-order valence-corrected chi connectivity index (χ1v) is 9.29. The summed E-state index contributed by atoms with van der Waals surface area (Å²) in [5.74, 6) is -0.647. The van der Waals surface area contributed by atoms with E-state index in [0.29, 0.717) is 5.02 Å². The van der Waals surface area contributed by atoms with E-state index in [1.807, 2.05) is 30.3 Å². The number of nitrogens with zero attached hydrogens (tertiary/aromatic N) is 2. The summed E-state index contributed by atoms with van der Waals surface area (Å²) >= 11 is 11.9. The van der Waals surface area contributed by atoms with Crippen molar-refractivity contribution in [2.75, 3.05) is 12.3 Å². The molecule has 9 heteroatoms. The molecular formula is C20H17Cl2N3O4. The molecule has 0 amide bonds. The van der Waals surface area contributed by atoms with E-state index >= 15 is 0 Å². The molecule has 0 spiro atoms. The summed E-state index contributed by atoms with van der Waals surface area (Å²) in [6, 6.07) is 13.6. The van der Waals surface area contributed by atoms with E-state index in [0.717, 1.165) is 10.1 Å². The smallest absolute Gasteiger partial charge is 0.332 e. The SMILES string of the molecule is Cn1c(=O)c(C(=O)COc2ccc(Cl)cc2Cl)c(N)n(Cc2ccccc2)c1=O. The highest BCUT2D eigenvalue weighted by Crippen LogP contribution is 2.27. The molecule has 1 aromatic heterocycles. The van der Waals surface area contributed by atoms with Gasteiger partial charge in [0.1, 0.15) is 17.1 Å². The summed E-state index contributed by atoms with van der Waals surface area (Å²) in [5.41, 5.74) is 5.13. The van der Waals surface area contributed by atoms with E-state index in [2.05, 4.69) is 0 Å². The van der Waals surface area contributed by atoms with Gasteiger partial charge in [-0.15, -0.1) is 0 Å². The Morgan fingerprint density at radius 2 is 1.79 bits per heavy atom. The van der Waals surface area contributed by atoms with Crippen molar-refractivity contribution in [3.63, 3.8) is 0 Å². The molecule has 3 rings (SSSR count). The summed E-state index contributed by atoms with van der Waals surface area (Å²) in [7, 11) is 1.29. The minimum absolute atomic E-state index is 0.115. The van der Waals surface area contributed by atoms with Crippen molar-refractivity contribution in [1.29, 1.82) is 0 Å². The maximum Gasteiger partial charge on any atom is 0.332 e. The Morgan fingerprint density at radius 1 is 1.10 bits per heavy atom. The van der Waals surface area contributed by atoms with E-state index in [1.54, 1.807) is 6.07 Å². The predicted molar refractivity (Wildman–Crippen MR) is 112 cm³/mol. The van der Waals surface area contributed by atoms with Crippen LogP contribution in [0.2, 0.25) is 10.0 Å². The van der Waals surface area contributed by atoms with Crippen LogP contribution in [0.15, 0.2) is 58.1 Å². The zero-order valence-corrected chi connectivity index (χ0v) is 16.9. The normalized spacial score (nSPS) is 10.7. The first-order chi connectivity index (χ1) is 13.8. The van der Waals surface area contributed by atoms with Gasteiger partial charge in [-0.05, 0) is 23.8 Å². The van der Waals surface area contributed by atoms with Gasteiger partial charge in [-0.2, -0.15) is 0 Å². The van der Waals surface area contributed by atoms with Gasteiger partial charge in [0, 0.05) is 12.1 Å². The average Bonchev–Trinajstić information content (AvgIpc) is 2.70. The molecule has 0 aliphatic carbocycles. The van der Waals surface area contributed by atoms with Gasteiger partial charge in [-0.3, -0.25) is 18.7 Å². The molecule has 3 aromatic rings. The number of ether oxygens (including phenoxy) is 1. The van der Waals surface area contributed by atoms with Crippen LogP contribution in [0.3, 0.4) is 0 Å². The first kappa shape index (κ1) is 20.7. The fraction of sp³-hybridized carbons (Fsp3) is 0.150. The molecule has 0 saturated heterocycles. The Labute approximate surface area is 175 Å². The average molecular weight is 434 g/mol. The zero-order chi connectivity index (χ0) is 21.1. The number of Topliss-reactive ketones (excluding diaryl/α,β-unsaturated/α-hetero) is 1. The molecule has 1 heterocycles. The molecule has 0 aliphatic rings. The van der Waals surface area contributed by atoms with Crippen molar-refractivity contribution in [3.05, 3.63) is 90.5 Å². The van der Waals surface area contributed by atoms with Crippen LogP contribution in [-0.2, 0) is 13.6 Å². The standard InChI is InChI=1S/C20H17Cl2N3O4/c1-24-19(27)17(15(26)11-29-16-8-7-13(21)9-14(16)22)18(23)25(20(24)28)10-12-5-3-2-4-6-12/h2-9H,10-11,23H2,1H3. The minimum Gasteiger partial charge on any atom is -0.484 e. The fourth-order valence-electron chi connectivity index (χ4n) is 2.77. The van der Waals surface area contributed by atoms with Crippen molar-refractivity contribution >= 4 is 34.8 Å². The number of hydrogen-bond acceptors (Lipinski definition) is 5. The fourth-order valence-corrected chi connectivity index (χ4v) is 3.23. The van der Waals surface area contributed by atoms with Crippen molar-refractivity contribution in [1.82, 2.24) is 9.13 Å². The molecule has 7 nitrogen and oxygen atoms in total. The lowest BCUT2D eigenvalue weighted by Gasteiger charge is -2.15. The number of aromatic nitrogens is 2. The number of nitrogens with two attached hydrogens (primary N) is 1. The molecule has 0 aliphatic heterocycles. The van der Waals surface area contributed by atoms with Gasteiger partial charge in [0.2, 0.25) is 5.78 Å².